The smallest absolute Gasteiger partial charge is 0.227 e. The summed E-state index contributed by atoms with van der Waals surface area (Å²) in [7, 11) is 3.10. The van der Waals surface area contributed by atoms with Gasteiger partial charge in [0, 0.05) is 41.3 Å². The van der Waals surface area contributed by atoms with Gasteiger partial charge in [-0.1, -0.05) is 24.3 Å². The first-order valence-corrected chi connectivity index (χ1v) is 10.8. The summed E-state index contributed by atoms with van der Waals surface area (Å²) in [4.78, 5) is 13.0. The Morgan fingerprint density at radius 3 is 2.17 bits per heavy atom. The molecule has 0 aliphatic heterocycles. The van der Waals surface area contributed by atoms with Crippen molar-refractivity contribution < 1.29 is 18.6 Å². The molecule has 0 radical (unpaired) electrons. The molecular formula is C27H21FN4O3. The Morgan fingerprint density at radius 1 is 0.714 bits per heavy atom. The highest BCUT2D eigenvalue weighted by Crippen LogP contribution is 2.37. The fourth-order valence-electron chi connectivity index (χ4n) is 3.61. The van der Waals surface area contributed by atoms with Crippen LogP contribution < -0.4 is 19.5 Å². The topological polar surface area (TPSA) is 78.4 Å². The number of hydrogen-bond acceptors (Lipinski definition) is 7. The molecule has 0 amide bonds. The summed E-state index contributed by atoms with van der Waals surface area (Å²) in [5.41, 5.74) is 2.83. The number of pyridine rings is 1. The van der Waals surface area contributed by atoms with Gasteiger partial charge < -0.3 is 19.5 Å². The minimum atomic E-state index is -0.514. The molecule has 7 nitrogen and oxygen atoms in total. The van der Waals surface area contributed by atoms with Crippen molar-refractivity contribution in [2.75, 3.05) is 19.5 Å². The van der Waals surface area contributed by atoms with Crippen LogP contribution in [0.15, 0.2) is 85.3 Å². The van der Waals surface area contributed by atoms with E-state index in [0.29, 0.717) is 45.2 Å². The molecule has 2 aromatic heterocycles. The summed E-state index contributed by atoms with van der Waals surface area (Å²) in [5.74, 6) is 1.55. The van der Waals surface area contributed by atoms with Gasteiger partial charge >= 0.3 is 0 Å². The van der Waals surface area contributed by atoms with Crippen LogP contribution in [-0.4, -0.2) is 29.2 Å². The minimum absolute atomic E-state index is 0.0827. The van der Waals surface area contributed by atoms with Gasteiger partial charge in [-0.05, 0) is 42.0 Å². The lowest BCUT2D eigenvalue weighted by atomic mass is 10.1. The number of halogens is 1. The maximum absolute atomic E-state index is 15.0. The molecule has 0 aliphatic rings. The number of nitrogens with zero attached hydrogens (tertiary/aromatic N) is 3. The third-order valence-electron chi connectivity index (χ3n) is 5.37. The van der Waals surface area contributed by atoms with Crippen molar-refractivity contribution in [3.05, 3.63) is 91.1 Å². The lowest BCUT2D eigenvalue weighted by Gasteiger charge is -2.13. The molecule has 0 saturated carbocycles. The van der Waals surface area contributed by atoms with Crippen molar-refractivity contribution in [2.45, 2.75) is 0 Å². The normalized spacial score (nSPS) is 10.7. The molecule has 0 bridgehead atoms. The molecule has 5 rings (SSSR count). The number of para-hydroxylation sites is 1. The third kappa shape index (κ3) is 4.67. The van der Waals surface area contributed by atoms with Crippen LogP contribution in [0.1, 0.15) is 0 Å². The van der Waals surface area contributed by atoms with Gasteiger partial charge in [-0.15, -0.1) is 0 Å². The third-order valence-corrected chi connectivity index (χ3v) is 5.37. The molecule has 0 aliphatic carbocycles. The molecule has 0 spiro atoms. The summed E-state index contributed by atoms with van der Waals surface area (Å²) in [6.07, 6.45) is 4.88. The van der Waals surface area contributed by atoms with E-state index in [1.807, 2.05) is 30.3 Å². The van der Waals surface area contributed by atoms with Gasteiger partial charge in [-0.2, -0.15) is 0 Å². The van der Waals surface area contributed by atoms with E-state index in [4.69, 9.17) is 14.2 Å². The molecule has 2 heterocycles. The van der Waals surface area contributed by atoms with Gasteiger partial charge in [0.25, 0.3) is 0 Å². The van der Waals surface area contributed by atoms with E-state index >= 15 is 4.39 Å². The van der Waals surface area contributed by atoms with Crippen molar-refractivity contribution in [3.63, 3.8) is 0 Å². The van der Waals surface area contributed by atoms with Crippen molar-refractivity contribution in [1.29, 1.82) is 0 Å². The number of methoxy groups -OCH3 is 2. The highest BCUT2D eigenvalue weighted by Gasteiger charge is 2.14. The number of nitrogens with one attached hydrogen (secondary N) is 1. The second-order valence-electron chi connectivity index (χ2n) is 7.57. The lowest BCUT2D eigenvalue weighted by molar-refractivity contribution is 0.355. The number of benzene rings is 3. The zero-order valence-electron chi connectivity index (χ0n) is 19.0. The van der Waals surface area contributed by atoms with E-state index in [-0.39, 0.29) is 5.75 Å². The molecule has 0 unspecified atom stereocenters. The lowest BCUT2D eigenvalue weighted by Crippen LogP contribution is -1.97. The number of anilines is 2. The van der Waals surface area contributed by atoms with E-state index in [1.165, 1.54) is 6.07 Å². The van der Waals surface area contributed by atoms with Crippen molar-refractivity contribution in [3.8, 4) is 34.1 Å². The zero-order chi connectivity index (χ0) is 24.2. The highest BCUT2D eigenvalue weighted by atomic mass is 19.1. The molecular weight excluding hydrogens is 447 g/mol. The highest BCUT2D eigenvalue weighted by molar-refractivity contribution is 5.88. The second-order valence-corrected chi connectivity index (χ2v) is 7.57. The number of hydrogen-bond donors (Lipinski definition) is 1. The summed E-state index contributed by atoms with van der Waals surface area (Å²) in [5, 5.41) is 3.79. The maximum atomic E-state index is 15.0. The van der Waals surface area contributed by atoms with E-state index < -0.39 is 5.82 Å². The summed E-state index contributed by atoms with van der Waals surface area (Å²) >= 11 is 0. The number of ether oxygens (including phenoxy) is 3. The predicted octanol–water partition coefficient (Wildman–Crippen LogP) is 6.38. The Balaban J connectivity index is 1.38. The molecule has 3 aromatic carbocycles. The fourth-order valence-corrected chi connectivity index (χ4v) is 3.61. The Kier molecular flexibility index (Phi) is 6.09. The summed E-state index contributed by atoms with van der Waals surface area (Å²) < 4.78 is 31.6. The van der Waals surface area contributed by atoms with Crippen molar-refractivity contribution >= 4 is 22.5 Å². The first-order valence-electron chi connectivity index (χ1n) is 10.8. The molecule has 0 atom stereocenters. The van der Waals surface area contributed by atoms with Crippen LogP contribution in [0.25, 0.3) is 22.0 Å². The van der Waals surface area contributed by atoms with Gasteiger partial charge in [0.2, 0.25) is 5.95 Å². The molecule has 0 fully saturated rings. The largest absolute Gasteiger partial charge is 0.493 e. The van der Waals surface area contributed by atoms with Crippen LogP contribution in [0, 0.1) is 5.82 Å². The Bertz CT molecular complexity index is 1480. The van der Waals surface area contributed by atoms with E-state index in [9.17, 15) is 0 Å². The SMILES string of the molecule is COc1cc2nccc(Oc3ccc(-c4cnc(Nc5ccccc5)nc4)cc3F)c2cc1OC. The maximum Gasteiger partial charge on any atom is 0.227 e. The Morgan fingerprint density at radius 2 is 1.46 bits per heavy atom. The van der Waals surface area contributed by atoms with Crippen LogP contribution >= 0.6 is 0 Å². The molecule has 8 heteroatoms. The summed E-state index contributed by atoms with van der Waals surface area (Å²) in [6, 6.07) is 19.5. The first-order chi connectivity index (χ1) is 17.1. The first kappa shape index (κ1) is 22.1. The molecule has 1 N–H and O–H groups in total. The van der Waals surface area contributed by atoms with Crippen LogP contribution in [0.2, 0.25) is 0 Å². The van der Waals surface area contributed by atoms with Gasteiger partial charge in [0.1, 0.15) is 5.75 Å². The van der Waals surface area contributed by atoms with Crippen molar-refractivity contribution in [1.82, 2.24) is 15.0 Å². The van der Waals surface area contributed by atoms with Gasteiger partial charge in [0.15, 0.2) is 23.1 Å². The average Bonchev–Trinajstić information content (AvgIpc) is 2.90. The number of fused-ring (bicyclic) bond motifs is 1. The second kappa shape index (κ2) is 9.64. The van der Waals surface area contributed by atoms with Crippen LogP contribution in [0.3, 0.4) is 0 Å². The monoisotopic (exact) mass is 468 g/mol. The van der Waals surface area contributed by atoms with Gasteiger partial charge in [-0.25, -0.2) is 14.4 Å². The number of rotatable bonds is 7. The average molecular weight is 468 g/mol. The quantitative estimate of drug-likeness (QED) is 0.297. The molecule has 174 valence electrons. The Labute approximate surface area is 201 Å². The fraction of sp³-hybridized carbons (Fsp3) is 0.0741. The van der Waals surface area contributed by atoms with Crippen LogP contribution in [-0.2, 0) is 0 Å². The van der Waals surface area contributed by atoms with Crippen molar-refractivity contribution in [2.24, 2.45) is 0 Å². The van der Waals surface area contributed by atoms with Crippen LogP contribution in [0.4, 0.5) is 16.0 Å². The van der Waals surface area contributed by atoms with Gasteiger partial charge in [-0.3, -0.25) is 4.98 Å². The van der Waals surface area contributed by atoms with Crippen LogP contribution in [0.5, 0.6) is 23.0 Å². The van der Waals surface area contributed by atoms with E-state index in [0.717, 1.165) is 5.69 Å². The zero-order valence-corrected chi connectivity index (χ0v) is 19.0. The Hall–Kier alpha value is -4.72. The minimum Gasteiger partial charge on any atom is -0.493 e. The van der Waals surface area contributed by atoms with Gasteiger partial charge in [0.05, 0.1) is 19.7 Å². The predicted molar refractivity (Wildman–Crippen MR) is 132 cm³/mol. The van der Waals surface area contributed by atoms with E-state index in [1.54, 1.807) is 63.1 Å². The standard InChI is InChI=1S/C27H21FN4O3/c1-33-25-13-20-22(14-26(25)34-2)29-11-10-23(20)35-24-9-8-17(12-21(24)28)18-15-30-27(31-16-18)32-19-6-4-3-5-7-19/h3-16H,1-2H3,(H,30,31,32). The number of aromatic nitrogens is 3. The molecule has 0 saturated heterocycles. The molecule has 35 heavy (non-hydrogen) atoms. The summed E-state index contributed by atoms with van der Waals surface area (Å²) in [6.45, 7) is 0. The van der Waals surface area contributed by atoms with E-state index in [2.05, 4.69) is 20.3 Å². The molecule has 5 aromatic rings.